The molecule has 23 heavy (non-hydrogen) atoms. The molecule has 1 aliphatic rings. The molecule has 0 radical (unpaired) electrons. The first-order chi connectivity index (χ1) is 11.1. The Bertz CT molecular complexity index is 543. The summed E-state index contributed by atoms with van der Waals surface area (Å²) in [5, 5.41) is 16.1. The smallest absolute Gasteiger partial charge is 0.326 e. The van der Waals surface area contributed by atoms with Gasteiger partial charge in [0.15, 0.2) is 0 Å². The van der Waals surface area contributed by atoms with E-state index in [1.165, 1.54) is 0 Å². The minimum absolute atomic E-state index is 0.250. The Morgan fingerprint density at radius 3 is 2.91 bits per heavy atom. The zero-order valence-corrected chi connectivity index (χ0v) is 13.7. The standard InChI is InChI=1S/C16H25N3O4/c1-3-5-6-13(16(21)22)18-15(20)12-7-8-23-14(12)11-9-17-19(4-2)10-11/h9-10,12-14H,3-8H2,1-2H3,(H,18,20)(H,21,22)/t12-,13?,14+/m0/s1. The molecule has 1 amide bonds. The molecule has 0 saturated carbocycles. The van der Waals surface area contributed by atoms with Gasteiger partial charge >= 0.3 is 5.97 Å². The summed E-state index contributed by atoms with van der Waals surface area (Å²) in [6.45, 7) is 5.23. The number of carboxylic acid groups (broad SMARTS) is 1. The highest BCUT2D eigenvalue weighted by Gasteiger charge is 2.37. The maximum atomic E-state index is 12.5. The van der Waals surface area contributed by atoms with Gasteiger partial charge in [-0.2, -0.15) is 5.10 Å². The van der Waals surface area contributed by atoms with Crippen LogP contribution in [0.15, 0.2) is 12.4 Å². The number of amides is 1. The molecule has 0 bridgehead atoms. The SMILES string of the molecule is CCCCC(NC(=O)[C@H]1CCO[C@@H]1c1cnn(CC)c1)C(=O)O. The second-order valence-electron chi connectivity index (χ2n) is 5.86. The lowest BCUT2D eigenvalue weighted by atomic mass is 9.95. The molecule has 0 aliphatic carbocycles. The minimum Gasteiger partial charge on any atom is -0.480 e. The van der Waals surface area contributed by atoms with Crippen molar-refractivity contribution in [2.24, 2.45) is 5.92 Å². The predicted octanol–water partition coefficient (Wildman–Crippen LogP) is 1.74. The number of aryl methyl sites for hydroxylation is 1. The van der Waals surface area contributed by atoms with Gasteiger partial charge in [-0.05, 0) is 19.8 Å². The zero-order chi connectivity index (χ0) is 16.8. The molecule has 1 saturated heterocycles. The summed E-state index contributed by atoms with van der Waals surface area (Å²) in [6, 6.07) is -0.831. The van der Waals surface area contributed by atoms with Gasteiger partial charge in [0.05, 0.1) is 18.2 Å². The van der Waals surface area contributed by atoms with Gasteiger partial charge in [0.2, 0.25) is 5.91 Å². The van der Waals surface area contributed by atoms with E-state index in [0.29, 0.717) is 19.4 Å². The number of carboxylic acids is 1. The highest BCUT2D eigenvalue weighted by atomic mass is 16.5. The third-order valence-electron chi connectivity index (χ3n) is 4.20. The van der Waals surface area contributed by atoms with Gasteiger partial charge in [0.25, 0.3) is 0 Å². The van der Waals surface area contributed by atoms with Crippen LogP contribution in [0.5, 0.6) is 0 Å². The number of rotatable bonds is 8. The van der Waals surface area contributed by atoms with Gasteiger partial charge < -0.3 is 15.2 Å². The summed E-state index contributed by atoms with van der Waals surface area (Å²) in [5.41, 5.74) is 0.866. The number of carbonyl (C=O) groups is 2. The van der Waals surface area contributed by atoms with Crippen molar-refractivity contribution < 1.29 is 19.4 Å². The van der Waals surface area contributed by atoms with Crippen LogP contribution in [0, 0.1) is 5.92 Å². The Morgan fingerprint density at radius 1 is 1.52 bits per heavy atom. The number of unbranched alkanes of at least 4 members (excludes halogenated alkanes) is 1. The average molecular weight is 323 g/mol. The Kier molecular flexibility index (Phi) is 6.15. The molecule has 1 aliphatic heterocycles. The van der Waals surface area contributed by atoms with Gasteiger partial charge in [0.1, 0.15) is 6.04 Å². The summed E-state index contributed by atoms with van der Waals surface area (Å²) in [7, 11) is 0. The van der Waals surface area contributed by atoms with E-state index in [-0.39, 0.29) is 17.9 Å². The number of aliphatic carboxylic acids is 1. The number of hydrogen-bond donors (Lipinski definition) is 2. The molecule has 2 heterocycles. The minimum atomic E-state index is -0.985. The van der Waals surface area contributed by atoms with E-state index in [1.54, 1.807) is 10.9 Å². The molecule has 1 unspecified atom stereocenters. The lowest BCUT2D eigenvalue weighted by Gasteiger charge is -2.20. The molecule has 0 aromatic carbocycles. The lowest BCUT2D eigenvalue weighted by molar-refractivity contribution is -0.143. The summed E-state index contributed by atoms with van der Waals surface area (Å²) < 4.78 is 7.48. The molecule has 1 aromatic heterocycles. The molecule has 1 aromatic rings. The van der Waals surface area contributed by atoms with E-state index >= 15 is 0 Å². The monoisotopic (exact) mass is 323 g/mol. The first-order valence-corrected chi connectivity index (χ1v) is 8.23. The van der Waals surface area contributed by atoms with Crippen LogP contribution in [0.3, 0.4) is 0 Å². The van der Waals surface area contributed by atoms with Crippen molar-refractivity contribution in [3.63, 3.8) is 0 Å². The molecule has 2 rings (SSSR count). The third-order valence-corrected chi connectivity index (χ3v) is 4.20. The maximum absolute atomic E-state index is 12.5. The van der Waals surface area contributed by atoms with Crippen molar-refractivity contribution in [1.82, 2.24) is 15.1 Å². The number of nitrogens with one attached hydrogen (secondary N) is 1. The van der Waals surface area contributed by atoms with Crippen molar-refractivity contribution in [1.29, 1.82) is 0 Å². The fourth-order valence-corrected chi connectivity index (χ4v) is 2.83. The van der Waals surface area contributed by atoms with Crippen LogP contribution in [0.25, 0.3) is 0 Å². The van der Waals surface area contributed by atoms with E-state index in [1.807, 2.05) is 20.0 Å². The number of hydrogen-bond acceptors (Lipinski definition) is 4. The van der Waals surface area contributed by atoms with E-state index in [9.17, 15) is 14.7 Å². The number of carbonyl (C=O) groups excluding carboxylic acids is 1. The van der Waals surface area contributed by atoms with Crippen molar-refractivity contribution >= 4 is 11.9 Å². The summed E-state index contributed by atoms with van der Waals surface area (Å²) in [4.78, 5) is 23.8. The van der Waals surface area contributed by atoms with Gasteiger partial charge in [-0.1, -0.05) is 19.8 Å². The highest BCUT2D eigenvalue weighted by molar-refractivity contribution is 5.85. The summed E-state index contributed by atoms with van der Waals surface area (Å²) in [5.74, 6) is -1.60. The lowest BCUT2D eigenvalue weighted by Crippen LogP contribution is -2.44. The zero-order valence-electron chi connectivity index (χ0n) is 13.7. The first kappa shape index (κ1) is 17.5. The number of nitrogens with zero attached hydrogens (tertiary/aromatic N) is 2. The normalized spacial score (nSPS) is 22.0. The van der Waals surface area contributed by atoms with Crippen molar-refractivity contribution in [3.8, 4) is 0 Å². The molecule has 128 valence electrons. The fourth-order valence-electron chi connectivity index (χ4n) is 2.83. The Morgan fingerprint density at radius 2 is 2.30 bits per heavy atom. The molecule has 7 heteroatoms. The predicted molar refractivity (Wildman–Crippen MR) is 83.8 cm³/mol. The number of ether oxygens (including phenoxy) is 1. The Labute approximate surface area is 136 Å². The summed E-state index contributed by atoms with van der Waals surface area (Å²) in [6.07, 6.45) is 5.94. The Hall–Kier alpha value is -1.89. The molecule has 0 spiro atoms. The molecule has 7 nitrogen and oxygen atoms in total. The molecular formula is C16H25N3O4. The van der Waals surface area contributed by atoms with Gasteiger partial charge in [-0.25, -0.2) is 4.79 Å². The van der Waals surface area contributed by atoms with Gasteiger partial charge in [0, 0.05) is 24.9 Å². The van der Waals surface area contributed by atoms with Crippen LogP contribution in [0.1, 0.15) is 51.2 Å². The van der Waals surface area contributed by atoms with E-state index in [0.717, 1.165) is 24.9 Å². The highest BCUT2D eigenvalue weighted by Crippen LogP contribution is 2.34. The van der Waals surface area contributed by atoms with Crippen LogP contribution in [-0.4, -0.2) is 39.4 Å². The summed E-state index contributed by atoms with van der Waals surface area (Å²) >= 11 is 0. The van der Waals surface area contributed by atoms with E-state index in [4.69, 9.17) is 4.74 Å². The second kappa shape index (κ2) is 8.10. The fraction of sp³-hybridized carbons (Fsp3) is 0.688. The Balaban J connectivity index is 2.03. The van der Waals surface area contributed by atoms with Gasteiger partial charge in [-0.15, -0.1) is 0 Å². The molecule has 1 fully saturated rings. The third kappa shape index (κ3) is 4.31. The van der Waals surface area contributed by atoms with Crippen LogP contribution < -0.4 is 5.32 Å². The molecule has 2 N–H and O–H groups in total. The number of aromatic nitrogens is 2. The van der Waals surface area contributed by atoms with Crippen molar-refractivity contribution in [3.05, 3.63) is 18.0 Å². The van der Waals surface area contributed by atoms with Crippen molar-refractivity contribution in [2.45, 2.75) is 58.2 Å². The first-order valence-electron chi connectivity index (χ1n) is 8.23. The second-order valence-corrected chi connectivity index (χ2v) is 5.86. The average Bonchev–Trinajstić information content (AvgIpc) is 3.18. The van der Waals surface area contributed by atoms with Crippen LogP contribution >= 0.6 is 0 Å². The van der Waals surface area contributed by atoms with Crippen LogP contribution in [0.4, 0.5) is 0 Å². The van der Waals surface area contributed by atoms with Crippen LogP contribution in [-0.2, 0) is 20.9 Å². The quantitative estimate of drug-likeness (QED) is 0.760. The largest absolute Gasteiger partial charge is 0.480 e. The van der Waals surface area contributed by atoms with Crippen molar-refractivity contribution in [2.75, 3.05) is 6.61 Å². The maximum Gasteiger partial charge on any atom is 0.326 e. The topological polar surface area (TPSA) is 93.5 Å². The molecule has 3 atom stereocenters. The van der Waals surface area contributed by atoms with Gasteiger partial charge in [-0.3, -0.25) is 9.48 Å². The van der Waals surface area contributed by atoms with E-state index < -0.39 is 12.0 Å². The van der Waals surface area contributed by atoms with E-state index in [2.05, 4.69) is 10.4 Å². The molecular weight excluding hydrogens is 298 g/mol. The van der Waals surface area contributed by atoms with Crippen LogP contribution in [0.2, 0.25) is 0 Å².